The van der Waals surface area contributed by atoms with E-state index in [2.05, 4.69) is 55.3 Å². The quantitative estimate of drug-likeness (QED) is 0.241. The number of likely N-dealkylation sites (tertiary alicyclic amines) is 1. The number of benzene rings is 3. The molecule has 0 bridgehead atoms. The lowest BCUT2D eigenvalue weighted by Crippen LogP contribution is -2.24. The Morgan fingerprint density at radius 2 is 1.58 bits per heavy atom. The maximum atomic E-state index is 13.9. The summed E-state index contributed by atoms with van der Waals surface area (Å²) in [7, 11) is 2.20. The van der Waals surface area contributed by atoms with Crippen LogP contribution in [-0.4, -0.2) is 36.5 Å². The fraction of sp³-hybridized carbons (Fsp3) is 0.364. The molecule has 6 heteroatoms. The minimum Gasteiger partial charge on any atom is -0.306 e. The number of halogens is 3. The van der Waals surface area contributed by atoms with Crippen molar-refractivity contribution in [2.24, 2.45) is 5.92 Å². The Balaban J connectivity index is 1.28. The fourth-order valence-corrected chi connectivity index (χ4v) is 8.04. The third-order valence-corrected chi connectivity index (χ3v) is 10.8. The van der Waals surface area contributed by atoms with Gasteiger partial charge in [0.2, 0.25) is 0 Å². The first-order valence-corrected chi connectivity index (χ1v) is 18.0. The Hall–Kier alpha value is -4.29. The van der Waals surface area contributed by atoms with Crippen LogP contribution in [0.2, 0.25) is 0 Å². The van der Waals surface area contributed by atoms with E-state index in [0.29, 0.717) is 36.5 Å². The Kier molecular flexibility index (Phi) is 11.2. The lowest BCUT2D eigenvalue weighted by Gasteiger charge is -2.25. The predicted molar refractivity (Wildman–Crippen MR) is 197 cm³/mol. The molecule has 260 valence electrons. The highest BCUT2D eigenvalue weighted by atomic mass is 19.4. The molecule has 3 nitrogen and oxygen atoms in total. The Morgan fingerprint density at radius 1 is 0.900 bits per heavy atom. The number of fused-ring (bicyclic) bond motifs is 1. The summed E-state index contributed by atoms with van der Waals surface area (Å²) in [5.74, 6) is 0.278. The van der Waals surface area contributed by atoms with Gasteiger partial charge in [-0.1, -0.05) is 84.9 Å². The summed E-state index contributed by atoms with van der Waals surface area (Å²) in [4.78, 5) is 16.3. The van der Waals surface area contributed by atoms with E-state index in [1.54, 1.807) is 12.1 Å². The zero-order valence-electron chi connectivity index (χ0n) is 29.2. The summed E-state index contributed by atoms with van der Waals surface area (Å²) < 4.78 is 41.8. The van der Waals surface area contributed by atoms with Crippen LogP contribution in [0.4, 0.5) is 13.2 Å². The number of nitrogens with zero attached hydrogens (tertiary/aromatic N) is 1. The fourth-order valence-electron chi connectivity index (χ4n) is 8.04. The van der Waals surface area contributed by atoms with Crippen LogP contribution in [0.5, 0.6) is 0 Å². The molecule has 1 atom stereocenters. The average molecular weight is 677 g/mol. The lowest BCUT2D eigenvalue weighted by atomic mass is 9.81. The lowest BCUT2D eigenvalue weighted by molar-refractivity contribution is -0.138. The van der Waals surface area contributed by atoms with Gasteiger partial charge in [-0.15, -0.1) is 0 Å². The van der Waals surface area contributed by atoms with Gasteiger partial charge in [-0.25, -0.2) is 0 Å². The second kappa shape index (κ2) is 15.7. The summed E-state index contributed by atoms with van der Waals surface area (Å²) >= 11 is 0. The summed E-state index contributed by atoms with van der Waals surface area (Å²) in [5.41, 5.74) is 7.91. The monoisotopic (exact) mass is 676 g/mol. The number of carbonyl (C=O) groups excluding carboxylic acids is 1. The molecule has 3 aliphatic rings. The van der Waals surface area contributed by atoms with E-state index in [4.69, 9.17) is 5.41 Å². The number of Topliss-reactive ketones (excluding diaryl/α,β-unsaturated/α-hetero) is 1. The SMILES string of the molecule is CC1=C2C(=CCC=C1CC(=N)c1ccc(C3CCCN(C)CCC3)cc1)C=C(c1ccccc1)C(=O)CC2CCc1ccccc1C(F)(F)F. The van der Waals surface area contributed by atoms with Gasteiger partial charge >= 0.3 is 6.18 Å². The van der Waals surface area contributed by atoms with Gasteiger partial charge in [0.05, 0.1) is 5.56 Å². The topological polar surface area (TPSA) is 44.2 Å². The number of ketones is 1. The van der Waals surface area contributed by atoms with Gasteiger partial charge in [0.25, 0.3) is 0 Å². The first-order valence-electron chi connectivity index (χ1n) is 18.0. The molecule has 1 fully saturated rings. The second-order valence-corrected chi connectivity index (χ2v) is 14.2. The van der Waals surface area contributed by atoms with Crippen molar-refractivity contribution >= 4 is 17.1 Å². The maximum Gasteiger partial charge on any atom is 0.416 e. The normalized spacial score (nSPS) is 19.7. The van der Waals surface area contributed by atoms with Crippen molar-refractivity contribution in [1.29, 1.82) is 5.41 Å². The van der Waals surface area contributed by atoms with Gasteiger partial charge in [-0.2, -0.15) is 13.2 Å². The van der Waals surface area contributed by atoms with Crippen molar-refractivity contribution in [2.45, 2.75) is 76.8 Å². The average Bonchev–Trinajstić information content (AvgIpc) is 3.33. The number of alkyl halides is 3. The molecule has 0 radical (unpaired) electrons. The highest BCUT2D eigenvalue weighted by Gasteiger charge is 2.34. The number of hydrogen-bond donors (Lipinski definition) is 1. The summed E-state index contributed by atoms with van der Waals surface area (Å²) in [5, 5.41) is 9.15. The van der Waals surface area contributed by atoms with Crippen molar-refractivity contribution in [1.82, 2.24) is 4.90 Å². The van der Waals surface area contributed by atoms with Crippen LogP contribution >= 0.6 is 0 Å². The molecule has 1 heterocycles. The van der Waals surface area contributed by atoms with Gasteiger partial charge in [-0.3, -0.25) is 4.79 Å². The number of aryl methyl sites for hydroxylation is 1. The van der Waals surface area contributed by atoms with Crippen LogP contribution in [0.1, 0.15) is 92.0 Å². The third kappa shape index (κ3) is 8.35. The molecule has 0 amide bonds. The van der Waals surface area contributed by atoms with E-state index in [1.807, 2.05) is 36.4 Å². The predicted octanol–water partition coefficient (Wildman–Crippen LogP) is 10.9. The van der Waals surface area contributed by atoms with Gasteiger partial charge in [-0.05, 0) is 141 Å². The van der Waals surface area contributed by atoms with Crippen LogP contribution in [-0.2, 0) is 17.4 Å². The van der Waals surface area contributed by atoms with Gasteiger partial charge in [0, 0.05) is 24.1 Å². The van der Waals surface area contributed by atoms with Crippen LogP contribution in [0, 0.1) is 11.3 Å². The molecule has 0 aromatic heterocycles. The number of rotatable bonds is 8. The molecule has 2 aliphatic carbocycles. The minimum absolute atomic E-state index is 0.00532. The molecular formula is C44H47F3N2O. The van der Waals surface area contributed by atoms with E-state index in [-0.39, 0.29) is 30.1 Å². The Labute approximate surface area is 294 Å². The molecule has 3 aromatic rings. The molecule has 1 saturated heterocycles. The molecule has 1 aliphatic heterocycles. The van der Waals surface area contributed by atoms with Crippen molar-refractivity contribution in [2.75, 3.05) is 20.1 Å². The number of hydrogen-bond acceptors (Lipinski definition) is 3. The van der Waals surface area contributed by atoms with Gasteiger partial charge < -0.3 is 10.3 Å². The smallest absolute Gasteiger partial charge is 0.306 e. The standard InChI is InChI=1S/C44H47F3N2O/c1-30-36(28-41(48)35-22-19-32(20-23-35)31-16-9-25-49(2)26-10-17-31)14-8-15-37-27-39(33-11-4-3-5-12-33)42(50)29-38(43(30)37)24-21-34-13-6-7-18-40(34)44(45,46)47/h3-7,11-15,18-20,22-23,27,31,38,48H,8-10,16-17,21,24-26,28-29H2,1-2H3. The largest absolute Gasteiger partial charge is 0.416 e. The Morgan fingerprint density at radius 3 is 2.28 bits per heavy atom. The summed E-state index contributed by atoms with van der Waals surface area (Å²) in [6.45, 7) is 4.34. The van der Waals surface area contributed by atoms with E-state index in [9.17, 15) is 18.0 Å². The number of nitrogens with one attached hydrogen (secondary N) is 1. The van der Waals surface area contributed by atoms with Gasteiger partial charge in [0.1, 0.15) is 0 Å². The Bertz CT molecular complexity index is 1820. The highest BCUT2D eigenvalue weighted by Crippen LogP contribution is 2.42. The van der Waals surface area contributed by atoms with Crippen molar-refractivity contribution < 1.29 is 18.0 Å². The van der Waals surface area contributed by atoms with E-state index < -0.39 is 11.7 Å². The third-order valence-electron chi connectivity index (χ3n) is 10.8. The molecule has 50 heavy (non-hydrogen) atoms. The molecule has 1 unspecified atom stereocenters. The number of carbonyl (C=O) groups is 1. The maximum absolute atomic E-state index is 13.9. The van der Waals surface area contributed by atoms with Gasteiger partial charge in [0.15, 0.2) is 5.78 Å². The van der Waals surface area contributed by atoms with Crippen molar-refractivity contribution in [3.05, 3.63) is 147 Å². The van der Waals surface area contributed by atoms with Crippen molar-refractivity contribution in [3.8, 4) is 0 Å². The first kappa shape index (κ1) is 35.5. The van der Waals surface area contributed by atoms with Crippen molar-refractivity contribution in [3.63, 3.8) is 0 Å². The van der Waals surface area contributed by atoms with Crippen LogP contribution in [0.15, 0.2) is 119 Å². The van der Waals surface area contributed by atoms with Crippen LogP contribution < -0.4 is 0 Å². The molecule has 1 N–H and O–H groups in total. The molecule has 0 saturated carbocycles. The van der Waals surface area contributed by atoms with E-state index >= 15 is 0 Å². The van der Waals surface area contributed by atoms with E-state index in [1.165, 1.54) is 37.3 Å². The molecular weight excluding hydrogens is 629 g/mol. The van der Waals surface area contributed by atoms with Crippen LogP contribution in [0.3, 0.4) is 0 Å². The summed E-state index contributed by atoms with van der Waals surface area (Å²) in [6, 6.07) is 24.0. The number of allylic oxidation sites excluding steroid dienone is 8. The van der Waals surface area contributed by atoms with Crippen LogP contribution in [0.25, 0.3) is 5.57 Å². The molecule has 0 spiro atoms. The second-order valence-electron chi connectivity index (χ2n) is 14.2. The highest BCUT2D eigenvalue weighted by molar-refractivity contribution is 6.22. The van der Waals surface area contributed by atoms with E-state index in [0.717, 1.165) is 52.6 Å². The minimum atomic E-state index is -4.44. The molecule has 3 aromatic carbocycles. The first-order chi connectivity index (χ1) is 24.1. The zero-order chi connectivity index (χ0) is 35.3. The zero-order valence-corrected chi connectivity index (χ0v) is 29.2. The molecule has 6 rings (SSSR count). The summed E-state index contributed by atoms with van der Waals surface area (Å²) in [6.07, 6.45) is 8.51.